The number of anilines is 1. The third-order valence-corrected chi connectivity index (χ3v) is 1.92. The van der Waals surface area contributed by atoms with Gasteiger partial charge in [-0.2, -0.15) is 8.42 Å². The standard InChI is InChI=1S/C7H9FN2O3S/c1-13-7-4-5(8)2-3-6(7)10-14(9,11)12/h2-4,10H,1H3,(H2,9,11,12). The van der Waals surface area contributed by atoms with Crippen LogP contribution in [0.1, 0.15) is 0 Å². The molecule has 0 bridgehead atoms. The quantitative estimate of drug-likeness (QED) is 0.775. The van der Waals surface area contributed by atoms with Gasteiger partial charge in [-0.15, -0.1) is 0 Å². The highest BCUT2D eigenvalue weighted by molar-refractivity contribution is 7.90. The molecule has 5 nitrogen and oxygen atoms in total. The summed E-state index contributed by atoms with van der Waals surface area (Å²) in [5.41, 5.74) is 0.0939. The van der Waals surface area contributed by atoms with Crippen LogP contribution in [0.25, 0.3) is 0 Å². The topological polar surface area (TPSA) is 81.4 Å². The molecule has 0 aliphatic carbocycles. The summed E-state index contributed by atoms with van der Waals surface area (Å²) in [7, 11) is -2.58. The Bertz CT molecular complexity index is 433. The Balaban J connectivity index is 3.09. The summed E-state index contributed by atoms with van der Waals surface area (Å²) in [5.74, 6) is -0.458. The van der Waals surface area contributed by atoms with Gasteiger partial charge in [-0.1, -0.05) is 0 Å². The van der Waals surface area contributed by atoms with E-state index in [2.05, 4.69) is 0 Å². The predicted octanol–water partition coefficient (Wildman–Crippen LogP) is 0.450. The zero-order chi connectivity index (χ0) is 10.8. The largest absolute Gasteiger partial charge is 0.494 e. The number of hydrogen-bond donors (Lipinski definition) is 2. The zero-order valence-electron chi connectivity index (χ0n) is 7.32. The van der Waals surface area contributed by atoms with Gasteiger partial charge in [0.1, 0.15) is 11.6 Å². The molecule has 0 aliphatic rings. The monoisotopic (exact) mass is 220 g/mol. The van der Waals surface area contributed by atoms with Crippen LogP contribution in [0.2, 0.25) is 0 Å². The summed E-state index contributed by atoms with van der Waals surface area (Å²) < 4.78 is 40.8. The maximum Gasteiger partial charge on any atom is 0.296 e. The van der Waals surface area contributed by atoms with E-state index in [1.807, 2.05) is 4.72 Å². The Hall–Kier alpha value is -1.34. The summed E-state index contributed by atoms with van der Waals surface area (Å²) >= 11 is 0. The number of nitrogens with one attached hydrogen (secondary N) is 1. The van der Waals surface area contributed by atoms with Gasteiger partial charge >= 0.3 is 0 Å². The third-order valence-electron chi connectivity index (χ3n) is 1.42. The first kappa shape index (κ1) is 10.7. The fraction of sp³-hybridized carbons (Fsp3) is 0.143. The van der Waals surface area contributed by atoms with Crippen LogP contribution in [-0.2, 0) is 10.2 Å². The van der Waals surface area contributed by atoms with E-state index in [0.29, 0.717) is 0 Å². The molecule has 7 heteroatoms. The van der Waals surface area contributed by atoms with Gasteiger partial charge in [0.25, 0.3) is 10.2 Å². The number of benzene rings is 1. The molecule has 0 unspecified atom stereocenters. The van der Waals surface area contributed by atoms with Crippen LogP contribution in [0, 0.1) is 5.82 Å². The molecule has 0 amide bonds. The van der Waals surface area contributed by atoms with Crippen molar-refractivity contribution in [2.24, 2.45) is 5.14 Å². The number of halogens is 1. The Morgan fingerprint density at radius 1 is 1.50 bits per heavy atom. The molecule has 14 heavy (non-hydrogen) atoms. The Morgan fingerprint density at radius 2 is 2.14 bits per heavy atom. The molecule has 0 saturated heterocycles. The highest BCUT2D eigenvalue weighted by Gasteiger charge is 2.08. The number of methoxy groups -OCH3 is 1. The van der Waals surface area contributed by atoms with Crippen LogP contribution in [-0.4, -0.2) is 15.5 Å². The molecule has 0 saturated carbocycles. The molecule has 0 aromatic heterocycles. The molecule has 1 aromatic rings. The molecule has 0 fully saturated rings. The Kier molecular flexibility index (Phi) is 2.92. The first-order valence-corrected chi connectivity index (χ1v) is 5.11. The molecule has 0 spiro atoms. The highest BCUT2D eigenvalue weighted by Crippen LogP contribution is 2.25. The van der Waals surface area contributed by atoms with Crippen molar-refractivity contribution in [1.29, 1.82) is 0 Å². The molecule has 78 valence electrons. The van der Waals surface area contributed by atoms with E-state index < -0.39 is 16.0 Å². The van der Waals surface area contributed by atoms with E-state index in [-0.39, 0.29) is 11.4 Å². The second kappa shape index (κ2) is 3.81. The molecule has 0 aliphatic heterocycles. The van der Waals surface area contributed by atoms with Gasteiger partial charge < -0.3 is 4.74 Å². The summed E-state index contributed by atoms with van der Waals surface area (Å²) in [6.07, 6.45) is 0. The van der Waals surface area contributed by atoms with Crippen molar-refractivity contribution in [3.63, 3.8) is 0 Å². The Morgan fingerprint density at radius 3 is 2.64 bits per heavy atom. The lowest BCUT2D eigenvalue weighted by Crippen LogP contribution is -2.22. The number of nitrogens with two attached hydrogens (primary N) is 1. The minimum Gasteiger partial charge on any atom is -0.494 e. The van der Waals surface area contributed by atoms with Crippen molar-refractivity contribution in [2.75, 3.05) is 11.8 Å². The van der Waals surface area contributed by atoms with E-state index in [1.165, 1.54) is 13.2 Å². The van der Waals surface area contributed by atoms with Crippen molar-refractivity contribution in [2.45, 2.75) is 0 Å². The van der Waals surface area contributed by atoms with Gasteiger partial charge in [0.15, 0.2) is 0 Å². The molecule has 0 atom stereocenters. The summed E-state index contributed by atoms with van der Waals surface area (Å²) in [5, 5.41) is 4.74. The van der Waals surface area contributed by atoms with Crippen LogP contribution in [0.5, 0.6) is 5.75 Å². The smallest absolute Gasteiger partial charge is 0.296 e. The molecule has 1 rings (SSSR count). The van der Waals surface area contributed by atoms with Crippen molar-refractivity contribution >= 4 is 15.9 Å². The van der Waals surface area contributed by atoms with Crippen LogP contribution in [0.4, 0.5) is 10.1 Å². The number of ether oxygens (including phenoxy) is 1. The van der Waals surface area contributed by atoms with Crippen LogP contribution < -0.4 is 14.6 Å². The maximum absolute atomic E-state index is 12.7. The van der Waals surface area contributed by atoms with Crippen LogP contribution >= 0.6 is 0 Å². The molecule has 3 N–H and O–H groups in total. The van der Waals surface area contributed by atoms with Gasteiger partial charge in [-0.3, -0.25) is 4.72 Å². The molecule has 1 aromatic carbocycles. The molecular formula is C7H9FN2O3S. The fourth-order valence-corrected chi connectivity index (χ4v) is 1.38. The molecule has 0 radical (unpaired) electrons. The summed E-state index contributed by atoms with van der Waals surface area (Å²) in [6.45, 7) is 0. The minimum atomic E-state index is -3.88. The zero-order valence-corrected chi connectivity index (χ0v) is 8.14. The predicted molar refractivity (Wildman–Crippen MR) is 49.7 cm³/mol. The van der Waals surface area contributed by atoms with Gasteiger partial charge in [0.2, 0.25) is 0 Å². The van der Waals surface area contributed by atoms with Gasteiger partial charge in [0, 0.05) is 6.07 Å². The molecule has 0 heterocycles. The van der Waals surface area contributed by atoms with E-state index in [0.717, 1.165) is 12.1 Å². The first-order valence-electron chi connectivity index (χ1n) is 3.56. The third kappa shape index (κ3) is 2.86. The van der Waals surface area contributed by atoms with Gasteiger partial charge in [-0.25, -0.2) is 9.53 Å². The first-order chi connectivity index (χ1) is 6.42. The number of hydrogen-bond acceptors (Lipinski definition) is 3. The van der Waals surface area contributed by atoms with Crippen molar-refractivity contribution in [3.05, 3.63) is 24.0 Å². The number of rotatable bonds is 3. The average molecular weight is 220 g/mol. The summed E-state index contributed by atoms with van der Waals surface area (Å²) in [4.78, 5) is 0. The summed E-state index contributed by atoms with van der Waals surface area (Å²) in [6, 6.07) is 3.36. The van der Waals surface area contributed by atoms with E-state index in [1.54, 1.807) is 0 Å². The molecular weight excluding hydrogens is 211 g/mol. The van der Waals surface area contributed by atoms with Gasteiger partial charge in [0.05, 0.1) is 12.8 Å². The van der Waals surface area contributed by atoms with Crippen LogP contribution in [0.3, 0.4) is 0 Å². The van der Waals surface area contributed by atoms with E-state index in [9.17, 15) is 12.8 Å². The maximum atomic E-state index is 12.7. The second-order valence-electron chi connectivity index (χ2n) is 2.49. The lowest BCUT2D eigenvalue weighted by atomic mass is 10.3. The fourth-order valence-electron chi connectivity index (χ4n) is 0.903. The highest BCUT2D eigenvalue weighted by atomic mass is 32.2. The van der Waals surface area contributed by atoms with E-state index in [4.69, 9.17) is 9.88 Å². The minimum absolute atomic E-state index is 0.0685. The lowest BCUT2D eigenvalue weighted by Gasteiger charge is -2.08. The van der Waals surface area contributed by atoms with E-state index >= 15 is 0 Å². The average Bonchev–Trinajstić information content (AvgIpc) is 2.06. The van der Waals surface area contributed by atoms with Crippen molar-refractivity contribution in [1.82, 2.24) is 0 Å². The van der Waals surface area contributed by atoms with Gasteiger partial charge in [-0.05, 0) is 12.1 Å². The second-order valence-corrected chi connectivity index (χ2v) is 3.79. The lowest BCUT2D eigenvalue weighted by molar-refractivity contribution is 0.413. The Labute approximate surface area is 80.9 Å². The van der Waals surface area contributed by atoms with Crippen molar-refractivity contribution in [3.8, 4) is 5.75 Å². The van der Waals surface area contributed by atoms with Crippen LogP contribution in [0.15, 0.2) is 18.2 Å². The normalized spacial score (nSPS) is 11.1. The van der Waals surface area contributed by atoms with Crippen molar-refractivity contribution < 1.29 is 17.5 Å². The SMILES string of the molecule is COc1cc(F)ccc1NS(N)(=O)=O.